The smallest absolute Gasteiger partial charge is 0.139 e. The monoisotopic (exact) mass is 244 g/mol. The SMILES string of the molecule is Fc1cc(NC2CNC2)ccc1Br. The van der Waals surface area contributed by atoms with Gasteiger partial charge < -0.3 is 10.6 Å². The number of hydrogen-bond acceptors (Lipinski definition) is 2. The summed E-state index contributed by atoms with van der Waals surface area (Å²) in [5, 5.41) is 6.37. The first kappa shape index (κ1) is 8.97. The third kappa shape index (κ3) is 2.00. The number of anilines is 1. The van der Waals surface area contributed by atoms with Gasteiger partial charge in [-0.15, -0.1) is 0 Å². The highest BCUT2D eigenvalue weighted by atomic mass is 79.9. The molecule has 1 aromatic rings. The van der Waals surface area contributed by atoms with Crippen LogP contribution in [-0.4, -0.2) is 19.1 Å². The fourth-order valence-electron chi connectivity index (χ4n) is 1.21. The number of benzene rings is 1. The zero-order chi connectivity index (χ0) is 9.26. The molecular formula is C9H10BrFN2. The third-order valence-corrected chi connectivity index (χ3v) is 2.71. The Morgan fingerprint density at radius 2 is 2.23 bits per heavy atom. The number of halogens is 2. The van der Waals surface area contributed by atoms with E-state index in [2.05, 4.69) is 26.6 Å². The summed E-state index contributed by atoms with van der Waals surface area (Å²) in [4.78, 5) is 0. The van der Waals surface area contributed by atoms with Crippen molar-refractivity contribution in [1.82, 2.24) is 5.32 Å². The minimum absolute atomic E-state index is 0.225. The van der Waals surface area contributed by atoms with E-state index in [1.807, 2.05) is 6.07 Å². The Morgan fingerprint density at radius 1 is 1.46 bits per heavy atom. The zero-order valence-corrected chi connectivity index (χ0v) is 8.57. The van der Waals surface area contributed by atoms with Gasteiger partial charge in [0.05, 0.1) is 10.5 Å². The van der Waals surface area contributed by atoms with Crippen molar-refractivity contribution in [3.05, 3.63) is 28.5 Å². The summed E-state index contributed by atoms with van der Waals surface area (Å²) >= 11 is 3.11. The summed E-state index contributed by atoms with van der Waals surface area (Å²) in [6, 6.07) is 5.53. The molecule has 0 aliphatic carbocycles. The zero-order valence-electron chi connectivity index (χ0n) is 6.98. The van der Waals surface area contributed by atoms with Crippen molar-refractivity contribution in [3.8, 4) is 0 Å². The van der Waals surface area contributed by atoms with E-state index >= 15 is 0 Å². The number of rotatable bonds is 2. The van der Waals surface area contributed by atoms with Crippen LogP contribution in [0.4, 0.5) is 10.1 Å². The Kier molecular flexibility index (Phi) is 2.51. The predicted octanol–water partition coefficient (Wildman–Crippen LogP) is 1.97. The van der Waals surface area contributed by atoms with Gasteiger partial charge in [-0.25, -0.2) is 4.39 Å². The van der Waals surface area contributed by atoms with Crippen molar-refractivity contribution in [2.45, 2.75) is 6.04 Å². The van der Waals surface area contributed by atoms with E-state index in [1.165, 1.54) is 6.07 Å². The molecule has 1 fully saturated rings. The summed E-state index contributed by atoms with van der Waals surface area (Å²) in [6.07, 6.45) is 0. The van der Waals surface area contributed by atoms with Crippen LogP contribution < -0.4 is 10.6 Å². The van der Waals surface area contributed by atoms with Gasteiger partial charge in [-0.2, -0.15) is 0 Å². The average molecular weight is 245 g/mol. The summed E-state index contributed by atoms with van der Waals surface area (Å²) in [7, 11) is 0. The van der Waals surface area contributed by atoms with Crippen molar-refractivity contribution in [2.24, 2.45) is 0 Å². The molecule has 70 valence electrons. The molecule has 0 radical (unpaired) electrons. The van der Waals surface area contributed by atoms with Crippen molar-refractivity contribution in [3.63, 3.8) is 0 Å². The van der Waals surface area contributed by atoms with Crippen LogP contribution in [0.25, 0.3) is 0 Å². The maximum Gasteiger partial charge on any atom is 0.139 e. The quantitative estimate of drug-likeness (QED) is 0.832. The van der Waals surface area contributed by atoms with Crippen LogP contribution in [0, 0.1) is 5.82 Å². The summed E-state index contributed by atoms with van der Waals surface area (Å²) in [5.41, 5.74) is 0.840. The van der Waals surface area contributed by atoms with E-state index in [4.69, 9.17) is 0 Å². The van der Waals surface area contributed by atoms with Crippen LogP contribution in [0.2, 0.25) is 0 Å². The normalized spacial score (nSPS) is 16.8. The number of nitrogens with one attached hydrogen (secondary N) is 2. The molecule has 0 atom stereocenters. The second-order valence-corrected chi connectivity index (χ2v) is 3.98. The molecule has 2 nitrogen and oxygen atoms in total. The molecule has 0 spiro atoms. The lowest BCUT2D eigenvalue weighted by molar-refractivity contribution is 0.472. The molecule has 2 rings (SSSR count). The Hall–Kier alpha value is -0.610. The van der Waals surface area contributed by atoms with Crippen LogP contribution >= 0.6 is 15.9 Å². The van der Waals surface area contributed by atoms with Gasteiger partial charge in [0.15, 0.2) is 0 Å². The van der Waals surface area contributed by atoms with Crippen molar-refractivity contribution in [1.29, 1.82) is 0 Å². The Bertz CT molecular complexity index is 312. The van der Waals surface area contributed by atoms with Gasteiger partial charge in [0.1, 0.15) is 5.82 Å². The highest BCUT2D eigenvalue weighted by molar-refractivity contribution is 9.10. The maximum absolute atomic E-state index is 13.0. The number of hydrogen-bond donors (Lipinski definition) is 2. The van der Waals surface area contributed by atoms with Gasteiger partial charge in [-0.1, -0.05) is 0 Å². The molecule has 0 saturated carbocycles. The fourth-order valence-corrected chi connectivity index (χ4v) is 1.46. The topological polar surface area (TPSA) is 24.1 Å². The first-order valence-electron chi connectivity index (χ1n) is 4.18. The fraction of sp³-hybridized carbons (Fsp3) is 0.333. The molecule has 1 heterocycles. The van der Waals surface area contributed by atoms with E-state index in [9.17, 15) is 4.39 Å². The minimum Gasteiger partial charge on any atom is -0.380 e. The summed E-state index contributed by atoms with van der Waals surface area (Å²) < 4.78 is 13.6. The largest absolute Gasteiger partial charge is 0.380 e. The summed E-state index contributed by atoms with van der Waals surface area (Å²) in [5.74, 6) is -0.225. The summed E-state index contributed by atoms with van der Waals surface area (Å²) in [6.45, 7) is 1.91. The van der Waals surface area contributed by atoms with E-state index in [-0.39, 0.29) is 5.82 Å². The predicted molar refractivity (Wildman–Crippen MR) is 54.4 cm³/mol. The third-order valence-electron chi connectivity index (χ3n) is 2.07. The van der Waals surface area contributed by atoms with Gasteiger partial charge in [-0.3, -0.25) is 0 Å². The molecule has 1 aliphatic rings. The highest BCUT2D eigenvalue weighted by Gasteiger charge is 2.16. The van der Waals surface area contributed by atoms with Gasteiger partial charge in [0, 0.05) is 18.8 Å². The maximum atomic E-state index is 13.0. The molecule has 1 saturated heterocycles. The van der Waals surface area contributed by atoms with Crippen molar-refractivity contribution < 1.29 is 4.39 Å². The van der Waals surface area contributed by atoms with Gasteiger partial charge in [0.25, 0.3) is 0 Å². The van der Waals surface area contributed by atoms with Gasteiger partial charge >= 0.3 is 0 Å². The molecule has 0 aromatic heterocycles. The molecule has 1 aromatic carbocycles. The Morgan fingerprint density at radius 3 is 2.77 bits per heavy atom. The van der Waals surface area contributed by atoms with Gasteiger partial charge in [0.2, 0.25) is 0 Å². The molecule has 0 bridgehead atoms. The molecule has 2 N–H and O–H groups in total. The second kappa shape index (κ2) is 3.64. The van der Waals surface area contributed by atoms with Crippen LogP contribution in [0.15, 0.2) is 22.7 Å². The lowest BCUT2D eigenvalue weighted by atomic mass is 10.1. The highest BCUT2D eigenvalue weighted by Crippen LogP contribution is 2.20. The Balaban J connectivity index is 2.07. The van der Waals surface area contributed by atoms with Crippen LogP contribution in [0.1, 0.15) is 0 Å². The molecule has 4 heteroatoms. The molecular weight excluding hydrogens is 235 g/mol. The lowest BCUT2D eigenvalue weighted by Crippen LogP contribution is -2.51. The Labute approximate surface area is 84.7 Å². The average Bonchev–Trinajstić information content (AvgIpc) is 2.04. The van der Waals surface area contributed by atoms with Crippen LogP contribution in [0.5, 0.6) is 0 Å². The van der Waals surface area contributed by atoms with E-state index in [0.29, 0.717) is 10.5 Å². The van der Waals surface area contributed by atoms with Gasteiger partial charge in [-0.05, 0) is 34.1 Å². The first-order chi connectivity index (χ1) is 6.25. The molecule has 0 unspecified atom stereocenters. The van der Waals surface area contributed by atoms with Crippen LogP contribution in [0.3, 0.4) is 0 Å². The van der Waals surface area contributed by atoms with Crippen LogP contribution in [-0.2, 0) is 0 Å². The molecule has 1 aliphatic heterocycles. The van der Waals surface area contributed by atoms with E-state index in [0.717, 1.165) is 18.8 Å². The standard InChI is InChI=1S/C9H10BrFN2/c10-8-2-1-6(3-9(8)11)13-7-4-12-5-7/h1-3,7,12-13H,4-5H2. The minimum atomic E-state index is -0.225. The van der Waals surface area contributed by atoms with Crippen molar-refractivity contribution >= 4 is 21.6 Å². The van der Waals surface area contributed by atoms with E-state index < -0.39 is 0 Å². The second-order valence-electron chi connectivity index (χ2n) is 3.13. The lowest BCUT2D eigenvalue weighted by Gasteiger charge is -2.28. The molecule has 0 amide bonds. The van der Waals surface area contributed by atoms with E-state index in [1.54, 1.807) is 6.07 Å². The van der Waals surface area contributed by atoms with Crippen molar-refractivity contribution in [2.75, 3.05) is 18.4 Å². The first-order valence-corrected chi connectivity index (χ1v) is 4.97. The molecule has 13 heavy (non-hydrogen) atoms.